The number of rotatable bonds is 4. The van der Waals surface area contributed by atoms with Crippen molar-refractivity contribution >= 4 is 28.2 Å². The van der Waals surface area contributed by atoms with E-state index in [-0.39, 0.29) is 12.1 Å². The van der Waals surface area contributed by atoms with Crippen molar-refractivity contribution in [3.05, 3.63) is 53.4 Å². The van der Waals surface area contributed by atoms with Crippen molar-refractivity contribution in [2.45, 2.75) is 18.9 Å². The van der Waals surface area contributed by atoms with Crippen LogP contribution in [-0.2, 0) is 9.47 Å². The van der Waals surface area contributed by atoms with Crippen molar-refractivity contribution < 1.29 is 14.3 Å². The molecule has 1 fully saturated rings. The number of nitrogens with zero attached hydrogens (tertiary/aromatic N) is 1. The number of benzene rings is 1. The Kier molecular flexibility index (Phi) is 4.28. The molecule has 1 aromatic carbocycles. The number of hydrogen-bond acceptors (Lipinski definition) is 5. The Morgan fingerprint density at radius 1 is 1.29 bits per heavy atom. The van der Waals surface area contributed by atoms with Gasteiger partial charge in [-0.15, -0.1) is 11.3 Å². The smallest absolute Gasteiger partial charge is 0.338 e. The molecule has 0 radical (unpaired) electrons. The highest BCUT2D eigenvalue weighted by molar-refractivity contribution is 7.13. The minimum absolute atomic E-state index is 0.0267. The molecule has 24 heavy (non-hydrogen) atoms. The van der Waals surface area contributed by atoms with Crippen LogP contribution in [0.15, 0.2) is 47.8 Å². The van der Waals surface area contributed by atoms with Gasteiger partial charge in [0.1, 0.15) is 6.61 Å². The summed E-state index contributed by atoms with van der Waals surface area (Å²) in [4.78, 5) is 18.3. The number of carbonyl (C=O) groups is 1. The van der Waals surface area contributed by atoms with Crippen LogP contribution >= 0.6 is 11.3 Å². The monoisotopic (exact) mass is 339 g/mol. The van der Waals surface area contributed by atoms with Gasteiger partial charge in [-0.05, 0) is 36.4 Å². The highest BCUT2D eigenvalue weighted by atomic mass is 32.1. The van der Waals surface area contributed by atoms with Crippen LogP contribution in [0.2, 0.25) is 0 Å². The zero-order valence-electron chi connectivity index (χ0n) is 13.1. The molecule has 122 valence electrons. The van der Waals surface area contributed by atoms with Crippen LogP contribution in [0.25, 0.3) is 21.5 Å². The molecular weight excluding hydrogens is 322 g/mol. The van der Waals surface area contributed by atoms with Gasteiger partial charge in [0.2, 0.25) is 0 Å². The second-order valence-electron chi connectivity index (χ2n) is 5.78. The fraction of sp³-hybridized carbons (Fsp3) is 0.263. The summed E-state index contributed by atoms with van der Waals surface area (Å²) in [6.07, 6.45) is 2.01. The average Bonchev–Trinajstić information content (AvgIpc) is 3.32. The maximum atomic E-state index is 12.6. The van der Waals surface area contributed by atoms with Crippen LogP contribution in [0.1, 0.15) is 23.2 Å². The van der Waals surface area contributed by atoms with Crippen molar-refractivity contribution in [2.75, 3.05) is 13.2 Å². The lowest BCUT2D eigenvalue weighted by molar-refractivity contribution is 0.0163. The van der Waals surface area contributed by atoms with Crippen molar-refractivity contribution in [3.63, 3.8) is 0 Å². The second kappa shape index (κ2) is 6.71. The molecule has 3 heterocycles. The van der Waals surface area contributed by atoms with Gasteiger partial charge in [-0.25, -0.2) is 9.78 Å². The average molecular weight is 339 g/mol. The molecule has 1 aliphatic heterocycles. The molecule has 4 rings (SSSR count). The van der Waals surface area contributed by atoms with Crippen LogP contribution in [0.3, 0.4) is 0 Å². The molecule has 0 unspecified atom stereocenters. The number of pyridine rings is 1. The maximum absolute atomic E-state index is 12.6. The highest BCUT2D eigenvalue weighted by Crippen LogP contribution is 2.28. The summed E-state index contributed by atoms with van der Waals surface area (Å²) >= 11 is 1.60. The first kappa shape index (κ1) is 15.3. The molecule has 1 saturated heterocycles. The molecule has 3 aromatic rings. The summed E-state index contributed by atoms with van der Waals surface area (Å²) in [5.74, 6) is -0.318. The van der Waals surface area contributed by atoms with Crippen LogP contribution in [0.4, 0.5) is 0 Å². The Bertz CT molecular complexity index is 854. The summed E-state index contributed by atoms with van der Waals surface area (Å²) in [5.41, 5.74) is 2.15. The molecule has 1 aliphatic rings. The van der Waals surface area contributed by atoms with Crippen LogP contribution < -0.4 is 0 Å². The van der Waals surface area contributed by atoms with E-state index in [1.54, 1.807) is 11.3 Å². The first-order valence-corrected chi connectivity index (χ1v) is 8.91. The topological polar surface area (TPSA) is 48.4 Å². The number of hydrogen-bond donors (Lipinski definition) is 0. The van der Waals surface area contributed by atoms with E-state index >= 15 is 0 Å². The van der Waals surface area contributed by atoms with Gasteiger partial charge in [0, 0.05) is 12.0 Å². The fourth-order valence-electron chi connectivity index (χ4n) is 2.92. The molecule has 5 heteroatoms. The maximum Gasteiger partial charge on any atom is 0.338 e. The van der Waals surface area contributed by atoms with Gasteiger partial charge in [0.25, 0.3) is 0 Å². The van der Waals surface area contributed by atoms with Crippen molar-refractivity contribution in [2.24, 2.45) is 0 Å². The van der Waals surface area contributed by atoms with E-state index in [4.69, 9.17) is 9.47 Å². The third-order valence-electron chi connectivity index (χ3n) is 4.13. The van der Waals surface area contributed by atoms with Gasteiger partial charge < -0.3 is 9.47 Å². The zero-order chi connectivity index (χ0) is 16.4. The largest absolute Gasteiger partial charge is 0.459 e. The lowest BCUT2D eigenvalue weighted by Crippen LogP contribution is -2.18. The van der Waals surface area contributed by atoms with Crippen LogP contribution in [0.5, 0.6) is 0 Å². The summed E-state index contributed by atoms with van der Waals surface area (Å²) in [6.45, 7) is 1.06. The SMILES string of the molecule is O=C(OC[C@@H]1CCCO1)c1cc(-c2cccs2)nc2ccccc12. The summed E-state index contributed by atoms with van der Waals surface area (Å²) in [7, 11) is 0. The van der Waals surface area contributed by atoms with Gasteiger partial charge in [-0.1, -0.05) is 24.3 Å². The number of aromatic nitrogens is 1. The molecule has 0 aliphatic carbocycles. The highest BCUT2D eigenvalue weighted by Gasteiger charge is 2.20. The number of thiophene rings is 1. The number of para-hydroxylation sites is 1. The first-order chi connectivity index (χ1) is 11.8. The zero-order valence-corrected chi connectivity index (χ0v) is 13.9. The minimum atomic E-state index is -0.318. The summed E-state index contributed by atoms with van der Waals surface area (Å²) in [6, 6.07) is 13.5. The molecule has 0 bridgehead atoms. The van der Waals surface area contributed by atoms with Gasteiger partial charge >= 0.3 is 5.97 Å². The van der Waals surface area contributed by atoms with Crippen molar-refractivity contribution in [3.8, 4) is 10.6 Å². The van der Waals surface area contributed by atoms with Gasteiger partial charge in [-0.2, -0.15) is 0 Å². The Balaban J connectivity index is 1.68. The van der Waals surface area contributed by atoms with Gasteiger partial charge in [0.15, 0.2) is 0 Å². The lowest BCUT2D eigenvalue weighted by atomic mass is 10.1. The van der Waals surface area contributed by atoms with Gasteiger partial charge in [-0.3, -0.25) is 0 Å². The van der Waals surface area contributed by atoms with Crippen molar-refractivity contribution in [1.82, 2.24) is 4.98 Å². The third kappa shape index (κ3) is 3.05. The summed E-state index contributed by atoms with van der Waals surface area (Å²) < 4.78 is 11.0. The molecule has 0 spiro atoms. The van der Waals surface area contributed by atoms with E-state index in [0.717, 1.165) is 40.9 Å². The quantitative estimate of drug-likeness (QED) is 0.665. The standard InChI is InChI=1S/C19H17NO3S/c21-19(23-12-13-5-3-9-22-13)15-11-17(18-8-4-10-24-18)20-16-7-2-1-6-14(15)16/h1-2,4,6-8,10-11,13H,3,5,9,12H2/t13-/m0/s1. The second-order valence-corrected chi connectivity index (χ2v) is 6.73. The predicted molar refractivity (Wildman–Crippen MR) is 94.3 cm³/mol. The van der Waals surface area contributed by atoms with E-state index in [0.29, 0.717) is 12.2 Å². The number of carbonyl (C=O) groups excluding carboxylic acids is 1. The molecular formula is C19H17NO3S. The Morgan fingerprint density at radius 3 is 3.00 bits per heavy atom. The Morgan fingerprint density at radius 2 is 2.21 bits per heavy atom. The lowest BCUT2D eigenvalue weighted by Gasteiger charge is -2.12. The Labute approximate surface area is 144 Å². The van der Waals surface area contributed by atoms with E-state index in [1.165, 1.54) is 0 Å². The third-order valence-corrected chi connectivity index (χ3v) is 5.03. The van der Waals surface area contributed by atoms with Crippen LogP contribution in [0, 0.1) is 0 Å². The number of esters is 1. The van der Waals surface area contributed by atoms with E-state index in [1.807, 2.05) is 47.8 Å². The first-order valence-electron chi connectivity index (χ1n) is 8.03. The summed E-state index contributed by atoms with van der Waals surface area (Å²) in [5, 5.41) is 2.82. The van der Waals surface area contributed by atoms with Gasteiger partial charge in [0.05, 0.1) is 27.8 Å². The Hall–Kier alpha value is -2.24. The minimum Gasteiger partial charge on any atom is -0.459 e. The molecule has 0 saturated carbocycles. The predicted octanol–water partition coefficient (Wildman–Crippen LogP) is 4.30. The normalized spacial score (nSPS) is 17.2. The number of ether oxygens (including phenoxy) is 2. The number of fused-ring (bicyclic) bond motifs is 1. The molecule has 0 N–H and O–H groups in total. The molecule has 1 atom stereocenters. The fourth-order valence-corrected chi connectivity index (χ4v) is 3.60. The van der Waals surface area contributed by atoms with Crippen LogP contribution in [-0.4, -0.2) is 30.3 Å². The molecule has 0 amide bonds. The molecule has 4 nitrogen and oxygen atoms in total. The molecule has 2 aromatic heterocycles. The van der Waals surface area contributed by atoms with E-state index in [9.17, 15) is 4.79 Å². The van der Waals surface area contributed by atoms with Crippen molar-refractivity contribution in [1.29, 1.82) is 0 Å². The van der Waals surface area contributed by atoms with E-state index in [2.05, 4.69) is 4.98 Å². The van der Waals surface area contributed by atoms with E-state index < -0.39 is 0 Å².